The van der Waals surface area contributed by atoms with E-state index in [1.807, 2.05) is 61.2 Å². The second-order valence-electron chi connectivity index (χ2n) is 7.87. The first-order valence-electron chi connectivity index (χ1n) is 9.45. The number of carbonyl (C=O) groups excluding carboxylic acids is 1. The summed E-state index contributed by atoms with van der Waals surface area (Å²) in [4.78, 5) is 37.7. The maximum atomic E-state index is 12.5. The van der Waals surface area contributed by atoms with Crippen LogP contribution in [-0.2, 0) is 11.3 Å². The van der Waals surface area contributed by atoms with Crippen LogP contribution in [0.3, 0.4) is 0 Å². The maximum Gasteiger partial charge on any atom is 0.348 e. The molecule has 1 saturated heterocycles. The Bertz CT molecular complexity index is 1130. The Balaban J connectivity index is 1.69. The Morgan fingerprint density at radius 2 is 1.86 bits per heavy atom. The molecule has 0 bridgehead atoms. The van der Waals surface area contributed by atoms with Crippen molar-refractivity contribution < 1.29 is 4.79 Å². The molecule has 6 nitrogen and oxygen atoms in total. The van der Waals surface area contributed by atoms with Gasteiger partial charge in [-0.05, 0) is 24.1 Å². The van der Waals surface area contributed by atoms with Crippen LogP contribution in [0, 0.1) is 5.41 Å². The van der Waals surface area contributed by atoms with Crippen molar-refractivity contribution in [3.63, 3.8) is 0 Å². The molecule has 3 aromatic rings. The molecule has 0 radical (unpaired) electrons. The number of H-pyrrole nitrogens is 1. The lowest BCUT2D eigenvalue weighted by molar-refractivity contribution is -0.135. The number of nitrogens with zero attached hydrogens (tertiary/aromatic N) is 3. The van der Waals surface area contributed by atoms with Gasteiger partial charge in [0.2, 0.25) is 5.91 Å². The highest BCUT2D eigenvalue weighted by molar-refractivity contribution is 6.33. The van der Waals surface area contributed by atoms with Gasteiger partial charge in [-0.25, -0.2) is 9.78 Å². The molecule has 1 aromatic heterocycles. The summed E-state index contributed by atoms with van der Waals surface area (Å²) in [6.45, 7) is 5.16. The van der Waals surface area contributed by atoms with E-state index in [-0.39, 0.29) is 11.3 Å². The van der Waals surface area contributed by atoms with Gasteiger partial charge in [-0.3, -0.25) is 9.78 Å². The van der Waals surface area contributed by atoms with E-state index in [0.717, 1.165) is 24.1 Å². The largest absolute Gasteiger partial charge is 0.348 e. The Labute approximate surface area is 173 Å². The number of benzene rings is 2. The highest BCUT2D eigenvalue weighted by Crippen LogP contribution is 2.33. The van der Waals surface area contributed by atoms with Crippen LogP contribution in [0.25, 0.3) is 22.8 Å². The van der Waals surface area contributed by atoms with Crippen LogP contribution >= 0.6 is 11.6 Å². The molecule has 0 spiro atoms. The quantitative estimate of drug-likeness (QED) is 0.709. The number of hydrogen-bond acceptors (Lipinski definition) is 4. The van der Waals surface area contributed by atoms with Crippen molar-refractivity contribution in [3.8, 4) is 22.8 Å². The van der Waals surface area contributed by atoms with Gasteiger partial charge in [-0.2, -0.15) is 4.98 Å². The van der Waals surface area contributed by atoms with Gasteiger partial charge in [0, 0.05) is 29.6 Å². The van der Waals surface area contributed by atoms with Crippen LogP contribution in [0.1, 0.15) is 25.8 Å². The number of aromatic amines is 1. The SMILES string of the molecule is CC1(C)CCN(Cc2ccc(Cl)c(-c3nc(-c4ccccc4)nc(=O)[nH]3)c2)C1=O. The fourth-order valence-corrected chi connectivity index (χ4v) is 3.71. The lowest BCUT2D eigenvalue weighted by Crippen LogP contribution is -2.30. The molecule has 1 aliphatic heterocycles. The molecule has 1 aliphatic rings. The molecule has 1 N–H and O–H groups in total. The first-order chi connectivity index (χ1) is 13.8. The van der Waals surface area contributed by atoms with E-state index in [1.165, 1.54) is 0 Å². The van der Waals surface area contributed by atoms with E-state index < -0.39 is 5.69 Å². The summed E-state index contributed by atoms with van der Waals surface area (Å²) in [5.41, 5.74) is 1.46. The van der Waals surface area contributed by atoms with Crippen LogP contribution in [0.15, 0.2) is 53.3 Å². The number of hydrogen-bond donors (Lipinski definition) is 1. The van der Waals surface area contributed by atoms with Gasteiger partial charge >= 0.3 is 5.69 Å². The molecule has 1 fully saturated rings. The third-order valence-corrected chi connectivity index (χ3v) is 5.54. The number of likely N-dealkylation sites (tertiary alicyclic amines) is 1. The number of halogens is 1. The molecule has 1 amide bonds. The summed E-state index contributed by atoms with van der Waals surface area (Å²) < 4.78 is 0. The second kappa shape index (κ2) is 7.44. The highest BCUT2D eigenvalue weighted by Gasteiger charge is 2.38. The van der Waals surface area contributed by atoms with Gasteiger partial charge in [-0.1, -0.05) is 61.8 Å². The molecule has 2 heterocycles. The van der Waals surface area contributed by atoms with Crippen LogP contribution in [0.2, 0.25) is 5.02 Å². The highest BCUT2D eigenvalue weighted by atomic mass is 35.5. The molecule has 7 heteroatoms. The third-order valence-electron chi connectivity index (χ3n) is 5.21. The average Bonchev–Trinajstić information content (AvgIpc) is 2.96. The minimum absolute atomic E-state index is 0.149. The standard InChI is InChI=1S/C22H21ClN4O2/c1-22(2)10-11-27(20(22)28)13-14-8-9-17(23)16(12-14)19-24-18(25-21(29)26-19)15-6-4-3-5-7-15/h3-9,12H,10-11,13H2,1-2H3,(H,24,25,26,29). The number of nitrogens with one attached hydrogen (secondary N) is 1. The molecule has 4 rings (SSSR count). The first-order valence-corrected chi connectivity index (χ1v) is 9.83. The molecular formula is C22H21ClN4O2. The lowest BCUT2D eigenvalue weighted by atomic mass is 9.92. The smallest absolute Gasteiger partial charge is 0.338 e. The molecule has 0 atom stereocenters. The van der Waals surface area contributed by atoms with Crippen molar-refractivity contribution in [2.45, 2.75) is 26.8 Å². The zero-order valence-electron chi connectivity index (χ0n) is 16.3. The van der Waals surface area contributed by atoms with Crippen molar-refractivity contribution >= 4 is 17.5 Å². The summed E-state index contributed by atoms with van der Waals surface area (Å²) in [5.74, 6) is 0.835. The summed E-state index contributed by atoms with van der Waals surface area (Å²) in [6.07, 6.45) is 0.839. The van der Waals surface area contributed by atoms with Crippen molar-refractivity contribution in [1.82, 2.24) is 19.9 Å². The lowest BCUT2D eigenvalue weighted by Gasteiger charge is -2.20. The summed E-state index contributed by atoms with van der Waals surface area (Å²) >= 11 is 6.41. The number of rotatable bonds is 4. The Morgan fingerprint density at radius 3 is 2.55 bits per heavy atom. The monoisotopic (exact) mass is 408 g/mol. The van der Waals surface area contributed by atoms with Crippen LogP contribution in [-0.4, -0.2) is 32.3 Å². The van der Waals surface area contributed by atoms with Crippen molar-refractivity contribution in [2.24, 2.45) is 5.41 Å². The predicted octanol–water partition coefficient (Wildman–Crippen LogP) is 3.91. The van der Waals surface area contributed by atoms with E-state index in [9.17, 15) is 9.59 Å². The predicted molar refractivity (Wildman–Crippen MR) is 112 cm³/mol. The van der Waals surface area contributed by atoms with Gasteiger partial charge in [0.25, 0.3) is 0 Å². The number of amides is 1. The molecule has 2 aromatic carbocycles. The van der Waals surface area contributed by atoms with Gasteiger partial charge in [0.05, 0.1) is 5.02 Å². The van der Waals surface area contributed by atoms with Gasteiger partial charge in [-0.15, -0.1) is 0 Å². The van der Waals surface area contributed by atoms with E-state index in [2.05, 4.69) is 15.0 Å². The van der Waals surface area contributed by atoms with Crippen LogP contribution in [0.5, 0.6) is 0 Å². The number of carbonyl (C=O) groups is 1. The molecule has 148 valence electrons. The Hall–Kier alpha value is -2.99. The molecule has 29 heavy (non-hydrogen) atoms. The van der Waals surface area contributed by atoms with Crippen LogP contribution < -0.4 is 5.69 Å². The minimum Gasteiger partial charge on any atom is -0.338 e. The molecule has 0 saturated carbocycles. The van der Waals surface area contributed by atoms with Gasteiger partial charge < -0.3 is 4.90 Å². The molecule has 0 aliphatic carbocycles. The second-order valence-corrected chi connectivity index (χ2v) is 8.27. The summed E-state index contributed by atoms with van der Waals surface area (Å²) in [6, 6.07) is 14.8. The van der Waals surface area contributed by atoms with Gasteiger partial charge in [0.1, 0.15) is 5.82 Å². The van der Waals surface area contributed by atoms with E-state index in [0.29, 0.717) is 28.8 Å². The summed E-state index contributed by atoms with van der Waals surface area (Å²) in [7, 11) is 0. The van der Waals surface area contributed by atoms with Crippen molar-refractivity contribution in [2.75, 3.05) is 6.54 Å². The zero-order valence-corrected chi connectivity index (χ0v) is 17.0. The van der Waals surface area contributed by atoms with Gasteiger partial charge in [0.15, 0.2) is 5.82 Å². The Kier molecular flexibility index (Phi) is 4.96. The zero-order chi connectivity index (χ0) is 20.6. The van der Waals surface area contributed by atoms with Crippen molar-refractivity contribution in [3.05, 3.63) is 69.6 Å². The topological polar surface area (TPSA) is 79.0 Å². The molecule has 0 unspecified atom stereocenters. The third kappa shape index (κ3) is 3.93. The average molecular weight is 409 g/mol. The molecular weight excluding hydrogens is 388 g/mol. The first kappa shape index (κ1) is 19.3. The van der Waals surface area contributed by atoms with Crippen molar-refractivity contribution in [1.29, 1.82) is 0 Å². The minimum atomic E-state index is -0.494. The maximum absolute atomic E-state index is 12.5. The fourth-order valence-electron chi connectivity index (χ4n) is 3.50. The van der Waals surface area contributed by atoms with E-state index in [4.69, 9.17) is 11.6 Å². The summed E-state index contributed by atoms with van der Waals surface area (Å²) in [5, 5.41) is 0.468. The van der Waals surface area contributed by atoms with Crippen LogP contribution in [0.4, 0.5) is 0 Å². The Morgan fingerprint density at radius 1 is 1.10 bits per heavy atom. The van der Waals surface area contributed by atoms with E-state index in [1.54, 1.807) is 6.07 Å². The number of aromatic nitrogens is 3. The fraction of sp³-hybridized carbons (Fsp3) is 0.273. The normalized spacial score (nSPS) is 15.7. The van der Waals surface area contributed by atoms with E-state index >= 15 is 0 Å².